The Morgan fingerprint density at radius 2 is 1.39 bits per heavy atom. The van der Waals surface area contributed by atoms with Gasteiger partial charge >= 0.3 is 0 Å². The summed E-state index contributed by atoms with van der Waals surface area (Å²) in [6.45, 7) is 16.4. The first-order valence-corrected chi connectivity index (χ1v) is 13.1. The molecule has 148 valence electrons. The van der Waals surface area contributed by atoms with Gasteiger partial charge in [-0.05, 0) is 62.5 Å². The van der Waals surface area contributed by atoms with Crippen LogP contribution in [0.15, 0.2) is 70.4 Å². The van der Waals surface area contributed by atoms with Gasteiger partial charge in [-0.3, -0.25) is 0 Å². The highest BCUT2D eigenvalue weighted by Gasteiger charge is 2.45. The van der Waals surface area contributed by atoms with Crippen molar-refractivity contribution >= 4 is 18.4 Å². The van der Waals surface area contributed by atoms with Crippen molar-refractivity contribution in [2.24, 2.45) is 5.92 Å². The van der Waals surface area contributed by atoms with Gasteiger partial charge in [0.15, 0.2) is 0 Å². The topological polar surface area (TPSA) is 0 Å². The molecule has 2 aromatic rings. The Morgan fingerprint density at radius 3 is 1.89 bits per heavy atom. The Morgan fingerprint density at radius 1 is 0.786 bits per heavy atom. The van der Waals surface area contributed by atoms with Crippen molar-refractivity contribution in [3.8, 4) is 0 Å². The lowest BCUT2D eigenvalue weighted by atomic mass is 10.1. The van der Waals surface area contributed by atoms with Crippen LogP contribution in [0.2, 0.25) is 6.04 Å². The van der Waals surface area contributed by atoms with Crippen molar-refractivity contribution in [2.45, 2.75) is 67.4 Å². The van der Waals surface area contributed by atoms with Gasteiger partial charge in [-0.2, -0.15) is 0 Å². The van der Waals surface area contributed by atoms with Gasteiger partial charge in [0, 0.05) is 0 Å². The van der Waals surface area contributed by atoms with Gasteiger partial charge in [0.1, 0.15) is 8.07 Å². The average Bonchev–Trinajstić information content (AvgIpc) is 2.87. The summed E-state index contributed by atoms with van der Waals surface area (Å²) in [5, 5.41) is 4.94. The molecule has 0 heterocycles. The smallest absolute Gasteiger partial charge is 0.0654 e. The van der Waals surface area contributed by atoms with Crippen LogP contribution in [0, 0.1) is 19.8 Å². The summed E-state index contributed by atoms with van der Waals surface area (Å²) in [6.07, 6.45) is 2.54. The molecule has 2 unspecified atom stereocenters. The number of allylic oxidation sites excluding steroid dienone is 4. The lowest BCUT2D eigenvalue weighted by Gasteiger charge is -2.38. The number of hydrogen-bond acceptors (Lipinski definition) is 0. The molecule has 28 heavy (non-hydrogen) atoms. The van der Waals surface area contributed by atoms with E-state index in [0.717, 1.165) is 0 Å². The molecule has 1 aliphatic carbocycles. The highest BCUT2D eigenvalue weighted by atomic mass is 28.3. The third kappa shape index (κ3) is 3.46. The van der Waals surface area contributed by atoms with Gasteiger partial charge in [0.25, 0.3) is 0 Å². The van der Waals surface area contributed by atoms with Gasteiger partial charge in [-0.15, -0.1) is 0 Å². The van der Waals surface area contributed by atoms with Crippen molar-refractivity contribution in [1.82, 2.24) is 0 Å². The molecule has 0 radical (unpaired) electrons. The second-order valence-corrected chi connectivity index (χ2v) is 12.8. The van der Waals surface area contributed by atoms with Gasteiger partial charge in [-0.25, -0.2) is 0 Å². The van der Waals surface area contributed by atoms with Crippen LogP contribution < -0.4 is 10.4 Å². The van der Waals surface area contributed by atoms with Gasteiger partial charge in [-0.1, -0.05) is 103 Å². The van der Waals surface area contributed by atoms with E-state index in [0.29, 0.717) is 5.92 Å². The maximum atomic E-state index is 2.50. The molecule has 2 aromatic carbocycles. The number of benzene rings is 2. The molecule has 0 fully saturated rings. The summed E-state index contributed by atoms with van der Waals surface area (Å²) < 4.78 is 0. The van der Waals surface area contributed by atoms with Crippen molar-refractivity contribution < 1.29 is 0 Å². The SMILES string of the molecule is CCCC[Si](C1=C(C)C(C)=C(C)C1C)(c1ccccc1)c1cc(C)cc(C)c1. The lowest BCUT2D eigenvalue weighted by molar-refractivity contribution is 0.832. The minimum absolute atomic E-state index is 0.546. The second kappa shape index (κ2) is 8.25. The van der Waals surface area contributed by atoms with E-state index < -0.39 is 8.07 Å². The molecule has 1 aliphatic rings. The zero-order chi connectivity index (χ0) is 20.5. The molecule has 0 nitrogen and oxygen atoms in total. The van der Waals surface area contributed by atoms with Crippen LogP contribution in [-0.2, 0) is 0 Å². The van der Waals surface area contributed by atoms with E-state index in [1.807, 2.05) is 0 Å². The third-order valence-electron chi connectivity index (χ3n) is 6.99. The molecule has 0 spiro atoms. The fraction of sp³-hybridized carbons (Fsp3) is 0.407. The van der Waals surface area contributed by atoms with Crippen LogP contribution in [-0.4, -0.2) is 8.07 Å². The lowest BCUT2D eigenvalue weighted by Crippen LogP contribution is -2.61. The van der Waals surface area contributed by atoms with Gasteiger partial charge < -0.3 is 0 Å². The monoisotopic (exact) mass is 388 g/mol. The van der Waals surface area contributed by atoms with Crippen molar-refractivity contribution in [1.29, 1.82) is 0 Å². The number of unbranched alkanes of at least 4 members (excludes halogenated alkanes) is 1. The summed E-state index contributed by atoms with van der Waals surface area (Å²) in [5.41, 5.74) is 7.45. The van der Waals surface area contributed by atoms with E-state index in [9.17, 15) is 0 Å². The largest absolute Gasteiger partial charge is 0.145 e. The Labute approximate surface area is 173 Å². The number of aryl methyl sites for hydroxylation is 2. The van der Waals surface area contributed by atoms with Crippen LogP contribution in [0.25, 0.3) is 0 Å². The first-order valence-electron chi connectivity index (χ1n) is 10.9. The Bertz CT molecular complexity index is 896. The summed E-state index contributed by atoms with van der Waals surface area (Å²) in [7, 11) is -2.07. The van der Waals surface area contributed by atoms with Gasteiger partial charge in [0.05, 0.1) is 0 Å². The molecule has 0 N–H and O–H groups in total. The predicted octanol–water partition coefficient (Wildman–Crippen LogP) is 6.51. The van der Waals surface area contributed by atoms with Crippen LogP contribution in [0.3, 0.4) is 0 Å². The van der Waals surface area contributed by atoms with Crippen LogP contribution >= 0.6 is 0 Å². The molecular weight excluding hydrogens is 352 g/mol. The second-order valence-electron chi connectivity index (χ2n) is 8.82. The van der Waals surface area contributed by atoms with Crippen molar-refractivity contribution in [3.05, 3.63) is 81.6 Å². The molecule has 1 heteroatoms. The average molecular weight is 389 g/mol. The third-order valence-corrected chi connectivity index (χ3v) is 12.4. The normalized spacial score (nSPS) is 19.3. The zero-order valence-electron chi connectivity index (χ0n) is 18.8. The highest BCUT2D eigenvalue weighted by Crippen LogP contribution is 2.43. The van der Waals surface area contributed by atoms with Crippen LogP contribution in [0.4, 0.5) is 0 Å². The first kappa shape index (κ1) is 20.9. The molecule has 0 amide bonds. The maximum absolute atomic E-state index is 2.50. The van der Waals surface area contributed by atoms with Crippen molar-refractivity contribution in [2.75, 3.05) is 0 Å². The summed E-state index contributed by atoms with van der Waals surface area (Å²) in [5.74, 6) is 0.546. The first-order chi connectivity index (χ1) is 13.3. The quantitative estimate of drug-likeness (QED) is 0.495. The van der Waals surface area contributed by atoms with E-state index in [-0.39, 0.29) is 0 Å². The Balaban J connectivity index is 2.38. The molecule has 2 atom stereocenters. The Kier molecular flexibility index (Phi) is 6.14. The zero-order valence-corrected chi connectivity index (χ0v) is 19.8. The molecule has 0 aromatic heterocycles. The van der Waals surface area contributed by atoms with Crippen molar-refractivity contribution in [3.63, 3.8) is 0 Å². The van der Waals surface area contributed by atoms with E-state index in [2.05, 4.69) is 97.0 Å². The minimum Gasteiger partial charge on any atom is -0.0654 e. The maximum Gasteiger partial charge on any atom is 0.145 e. The molecule has 3 rings (SSSR count). The molecule has 0 bridgehead atoms. The summed E-state index contributed by atoms with van der Waals surface area (Å²) in [4.78, 5) is 0. The summed E-state index contributed by atoms with van der Waals surface area (Å²) >= 11 is 0. The van der Waals surface area contributed by atoms with Gasteiger partial charge in [0.2, 0.25) is 0 Å². The standard InChI is InChI=1S/C27H36Si/c1-8-9-15-28(25-13-11-10-12-14-25,26-17-19(2)16-20(3)18-26)27-23(6)21(4)22(5)24(27)7/h10-14,16-18,23H,8-9,15H2,1-7H3. The van der Waals surface area contributed by atoms with E-state index in [1.54, 1.807) is 26.7 Å². The minimum atomic E-state index is -2.07. The summed E-state index contributed by atoms with van der Waals surface area (Å²) in [6, 6.07) is 20.1. The van der Waals surface area contributed by atoms with Crippen LogP contribution in [0.1, 0.15) is 58.6 Å². The highest BCUT2D eigenvalue weighted by molar-refractivity contribution is 7.07. The molecular formula is C27H36Si. The predicted molar refractivity (Wildman–Crippen MR) is 127 cm³/mol. The van der Waals surface area contributed by atoms with E-state index in [4.69, 9.17) is 0 Å². The van der Waals surface area contributed by atoms with E-state index >= 15 is 0 Å². The molecule has 0 aliphatic heterocycles. The fourth-order valence-corrected chi connectivity index (χ4v) is 11.5. The van der Waals surface area contributed by atoms with E-state index in [1.165, 1.54) is 35.6 Å². The Hall–Kier alpha value is -1.86. The number of hydrogen-bond donors (Lipinski definition) is 0. The molecule has 0 saturated heterocycles. The van der Waals surface area contributed by atoms with Crippen LogP contribution in [0.5, 0.6) is 0 Å². The number of rotatable bonds is 6. The fourth-order valence-electron chi connectivity index (χ4n) is 5.34. The molecule has 0 saturated carbocycles.